The standard InChI is InChI=1S/C11H15N3O2/c1-3-6-12-7-10-13-14-11(16-10)9-5-4-8(2)15-9/h4-5,12H,3,6-7H2,1-2H3. The highest BCUT2D eigenvalue weighted by molar-refractivity contribution is 5.43. The Balaban J connectivity index is 2.02. The first kappa shape index (κ1) is 10.9. The fourth-order valence-electron chi connectivity index (χ4n) is 1.35. The van der Waals surface area contributed by atoms with E-state index in [1.807, 2.05) is 19.1 Å². The quantitative estimate of drug-likeness (QED) is 0.783. The molecule has 0 spiro atoms. The Bertz CT molecular complexity index is 448. The molecule has 2 aromatic heterocycles. The van der Waals surface area contributed by atoms with Crippen LogP contribution in [0.3, 0.4) is 0 Å². The van der Waals surface area contributed by atoms with Gasteiger partial charge < -0.3 is 14.2 Å². The second-order valence-corrected chi connectivity index (χ2v) is 3.59. The van der Waals surface area contributed by atoms with E-state index in [0.29, 0.717) is 24.1 Å². The van der Waals surface area contributed by atoms with E-state index in [9.17, 15) is 0 Å². The SMILES string of the molecule is CCCNCc1nnc(-c2ccc(C)o2)o1. The highest BCUT2D eigenvalue weighted by Gasteiger charge is 2.11. The molecule has 0 saturated heterocycles. The molecular formula is C11H15N3O2. The molecule has 2 rings (SSSR count). The third-order valence-electron chi connectivity index (χ3n) is 2.12. The Labute approximate surface area is 93.9 Å². The zero-order valence-electron chi connectivity index (χ0n) is 9.49. The van der Waals surface area contributed by atoms with Crippen LogP contribution in [0, 0.1) is 6.92 Å². The van der Waals surface area contributed by atoms with E-state index in [1.165, 1.54) is 0 Å². The van der Waals surface area contributed by atoms with Crippen molar-refractivity contribution < 1.29 is 8.83 Å². The van der Waals surface area contributed by atoms with E-state index in [4.69, 9.17) is 8.83 Å². The van der Waals surface area contributed by atoms with Gasteiger partial charge >= 0.3 is 0 Å². The first-order valence-corrected chi connectivity index (χ1v) is 5.39. The summed E-state index contributed by atoms with van der Waals surface area (Å²) >= 11 is 0. The molecule has 0 aromatic carbocycles. The third kappa shape index (κ3) is 2.49. The number of rotatable bonds is 5. The lowest BCUT2D eigenvalue weighted by molar-refractivity contribution is 0.456. The normalized spacial score (nSPS) is 10.9. The van der Waals surface area contributed by atoms with Gasteiger partial charge in [-0.05, 0) is 32.0 Å². The van der Waals surface area contributed by atoms with Gasteiger partial charge in [-0.1, -0.05) is 6.92 Å². The summed E-state index contributed by atoms with van der Waals surface area (Å²) in [4.78, 5) is 0. The molecule has 2 heterocycles. The number of hydrogen-bond donors (Lipinski definition) is 1. The van der Waals surface area contributed by atoms with Gasteiger partial charge in [-0.25, -0.2) is 0 Å². The number of nitrogens with zero attached hydrogens (tertiary/aromatic N) is 2. The maximum atomic E-state index is 5.45. The second kappa shape index (κ2) is 4.94. The lowest BCUT2D eigenvalue weighted by atomic mass is 10.4. The van der Waals surface area contributed by atoms with Crippen LogP contribution in [0.15, 0.2) is 21.0 Å². The summed E-state index contributed by atoms with van der Waals surface area (Å²) in [5.41, 5.74) is 0. The molecule has 0 aliphatic heterocycles. The average molecular weight is 221 g/mol. The minimum atomic E-state index is 0.432. The summed E-state index contributed by atoms with van der Waals surface area (Å²) in [6, 6.07) is 3.70. The maximum Gasteiger partial charge on any atom is 0.283 e. The van der Waals surface area contributed by atoms with Crippen molar-refractivity contribution in [2.45, 2.75) is 26.8 Å². The van der Waals surface area contributed by atoms with E-state index in [1.54, 1.807) is 0 Å². The van der Waals surface area contributed by atoms with Crippen LogP contribution in [0.5, 0.6) is 0 Å². The van der Waals surface area contributed by atoms with Crippen molar-refractivity contribution in [1.29, 1.82) is 0 Å². The van der Waals surface area contributed by atoms with Crippen molar-refractivity contribution >= 4 is 0 Å². The van der Waals surface area contributed by atoms with E-state index < -0.39 is 0 Å². The third-order valence-corrected chi connectivity index (χ3v) is 2.12. The predicted octanol–water partition coefficient (Wildman–Crippen LogP) is 2.14. The summed E-state index contributed by atoms with van der Waals surface area (Å²) in [7, 11) is 0. The van der Waals surface area contributed by atoms with E-state index >= 15 is 0 Å². The number of furan rings is 1. The molecule has 0 aliphatic rings. The largest absolute Gasteiger partial charge is 0.456 e. The Kier molecular flexibility index (Phi) is 3.36. The molecule has 0 aliphatic carbocycles. The minimum Gasteiger partial charge on any atom is -0.456 e. The zero-order valence-corrected chi connectivity index (χ0v) is 9.49. The van der Waals surface area contributed by atoms with Gasteiger partial charge in [0.15, 0.2) is 5.76 Å². The number of aryl methyl sites for hydroxylation is 1. The average Bonchev–Trinajstić information content (AvgIpc) is 2.87. The minimum absolute atomic E-state index is 0.432. The Morgan fingerprint density at radius 3 is 2.81 bits per heavy atom. The van der Waals surface area contributed by atoms with Crippen LogP contribution in [0.25, 0.3) is 11.7 Å². The summed E-state index contributed by atoms with van der Waals surface area (Å²) in [6.07, 6.45) is 1.08. The van der Waals surface area contributed by atoms with Crippen LogP contribution in [-0.2, 0) is 6.54 Å². The van der Waals surface area contributed by atoms with E-state index in [-0.39, 0.29) is 0 Å². The Morgan fingerprint density at radius 1 is 1.25 bits per heavy atom. The molecule has 0 unspecified atom stereocenters. The Morgan fingerprint density at radius 2 is 2.12 bits per heavy atom. The molecular weight excluding hydrogens is 206 g/mol. The molecule has 2 aromatic rings. The second-order valence-electron chi connectivity index (χ2n) is 3.59. The van der Waals surface area contributed by atoms with Crippen LogP contribution < -0.4 is 5.32 Å². The number of nitrogens with one attached hydrogen (secondary N) is 1. The molecule has 0 bridgehead atoms. The molecule has 0 radical (unpaired) electrons. The van der Waals surface area contributed by atoms with Gasteiger partial charge in [0.2, 0.25) is 5.89 Å². The van der Waals surface area contributed by atoms with E-state index in [0.717, 1.165) is 18.7 Å². The number of hydrogen-bond acceptors (Lipinski definition) is 5. The summed E-state index contributed by atoms with van der Waals surface area (Å²) in [6.45, 7) is 5.53. The molecule has 0 atom stereocenters. The summed E-state index contributed by atoms with van der Waals surface area (Å²) in [5.74, 6) is 2.46. The molecule has 0 amide bonds. The maximum absolute atomic E-state index is 5.45. The van der Waals surface area contributed by atoms with Gasteiger partial charge in [-0.2, -0.15) is 0 Å². The molecule has 1 N–H and O–H groups in total. The zero-order chi connectivity index (χ0) is 11.4. The van der Waals surface area contributed by atoms with Gasteiger partial charge in [0.25, 0.3) is 5.89 Å². The molecule has 0 fully saturated rings. The van der Waals surface area contributed by atoms with Gasteiger partial charge in [-0.3, -0.25) is 0 Å². The van der Waals surface area contributed by atoms with Crippen LogP contribution in [0.1, 0.15) is 25.0 Å². The van der Waals surface area contributed by atoms with Crippen LogP contribution in [-0.4, -0.2) is 16.7 Å². The topological polar surface area (TPSA) is 64.1 Å². The predicted molar refractivity (Wildman–Crippen MR) is 58.7 cm³/mol. The van der Waals surface area contributed by atoms with E-state index in [2.05, 4.69) is 22.4 Å². The van der Waals surface area contributed by atoms with Crippen molar-refractivity contribution in [3.8, 4) is 11.7 Å². The lowest BCUT2D eigenvalue weighted by Gasteiger charge is -1.96. The smallest absolute Gasteiger partial charge is 0.283 e. The summed E-state index contributed by atoms with van der Waals surface area (Å²) < 4.78 is 10.8. The van der Waals surface area contributed by atoms with Crippen molar-refractivity contribution in [2.24, 2.45) is 0 Å². The first-order valence-electron chi connectivity index (χ1n) is 5.39. The van der Waals surface area contributed by atoms with Gasteiger partial charge in [0.1, 0.15) is 5.76 Å². The highest BCUT2D eigenvalue weighted by Crippen LogP contribution is 2.20. The highest BCUT2D eigenvalue weighted by atomic mass is 16.4. The van der Waals surface area contributed by atoms with Crippen molar-refractivity contribution in [2.75, 3.05) is 6.54 Å². The van der Waals surface area contributed by atoms with Crippen molar-refractivity contribution in [3.05, 3.63) is 23.8 Å². The van der Waals surface area contributed by atoms with Gasteiger partial charge in [-0.15, -0.1) is 10.2 Å². The summed E-state index contributed by atoms with van der Waals surface area (Å²) in [5, 5.41) is 11.1. The van der Waals surface area contributed by atoms with Crippen molar-refractivity contribution in [1.82, 2.24) is 15.5 Å². The molecule has 0 saturated carbocycles. The fourth-order valence-corrected chi connectivity index (χ4v) is 1.35. The van der Waals surface area contributed by atoms with Crippen LogP contribution in [0.2, 0.25) is 0 Å². The fraction of sp³-hybridized carbons (Fsp3) is 0.455. The van der Waals surface area contributed by atoms with Crippen molar-refractivity contribution in [3.63, 3.8) is 0 Å². The van der Waals surface area contributed by atoms with Crippen LogP contribution >= 0.6 is 0 Å². The van der Waals surface area contributed by atoms with Gasteiger partial charge in [0, 0.05) is 0 Å². The van der Waals surface area contributed by atoms with Gasteiger partial charge in [0.05, 0.1) is 6.54 Å². The molecule has 16 heavy (non-hydrogen) atoms. The van der Waals surface area contributed by atoms with Crippen LogP contribution in [0.4, 0.5) is 0 Å². The first-order chi connectivity index (χ1) is 7.79. The number of aromatic nitrogens is 2. The lowest BCUT2D eigenvalue weighted by Crippen LogP contribution is -2.13. The molecule has 5 nitrogen and oxygen atoms in total. The molecule has 5 heteroatoms. The molecule has 86 valence electrons. The Hall–Kier alpha value is -1.62. The monoisotopic (exact) mass is 221 g/mol.